The number of nitrogens with zero attached hydrogens (tertiary/aromatic N) is 2. The van der Waals surface area contributed by atoms with Gasteiger partial charge in [0.2, 0.25) is 0 Å². The van der Waals surface area contributed by atoms with E-state index in [9.17, 15) is 9.59 Å². The topological polar surface area (TPSA) is 64.0 Å². The lowest BCUT2D eigenvalue weighted by Gasteiger charge is -2.17. The monoisotopic (exact) mass is 301 g/mol. The maximum Gasteiger partial charge on any atom is 0.272 e. The van der Waals surface area contributed by atoms with Crippen molar-refractivity contribution < 1.29 is 4.79 Å². The first-order valence-corrected chi connectivity index (χ1v) is 7.67. The molecule has 22 heavy (non-hydrogen) atoms. The predicted molar refractivity (Wildman–Crippen MR) is 88.2 cm³/mol. The lowest BCUT2D eigenvalue weighted by Crippen LogP contribution is -2.36. The molecule has 118 valence electrons. The number of rotatable bonds is 4. The summed E-state index contributed by atoms with van der Waals surface area (Å²) in [6.07, 6.45) is 0. The highest BCUT2D eigenvalue weighted by atomic mass is 16.1. The summed E-state index contributed by atoms with van der Waals surface area (Å²) in [7, 11) is 0. The van der Waals surface area contributed by atoms with Crippen molar-refractivity contribution in [2.45, 2.75) is 47.2 Å². The lowest BCUT2D eigenvalue weighted by molar-refractivity contribution is 0.0930. The molecule has 0 bridgehead atoms. The van der Waals surface area contributed by atoms with Crippen molar-refractivity contribution in [1.29, 1.82) is 0 Å². The van der Waals surface area contributed by atoms with E-state index in [1.54, 1.807) is 29.7 Å². The average molecular weight is 301 g/mol. The van der Waals surface area contributed by atoms with Crippen LogP contribution in [0.4, 0.5) is 0 Å². The number of carbonyl (C=O) groups excluding carboxylic acids is 1. The molecule has 5 nitrogen and oxygen atoms in total. The van der Waals surface area contributed by atoms with E-state index >= 15 is 0 Å². The first-order chi connectivity index (χ1) is 10.3. The van der Waals surface area contributed by atoms with Crippen molar-refractivity contribution in [3.05, 3.63) is 39.8 Å². The minimum atomic E-state index is -0.114. The smallest absolute Gasteiger partial charge is 0.272 e. The molecule has 0 aliphatic carbocycles. The molecule has 1 aromatic heterocycles. The van der Waals surface area contributed by atoms with Gasteiger partial charge in [0.25, 0.3) is 11.5 Å². The molecule has 5 heteroatoms. The van der Waals surface area contributed by atoms with Crippen LogP contribution in [0.2, 0.25) is 0 Å². The number of hydrogen-bond donors (Lipinski definition) is 1. The van der Waals surface area contributed by atoms with E-state index in [2.05, 4.69) is 24.1 Å². The highest BCUT2D eigenvalue weighted by Gasteiger charge is 2.14. The molecule has 0 saturated heterocycles. The summed E-state index contributed by atoms with van der Waals surface area (Å²) in [5.74, 6) is 0.256. The number of carbonyl (C=O) groups is 1. The van der Waals surface area contributed by atoms with Crippen molar-refractivity contribution in [1.82, 2.24) is 14.9 Å². The Morgan fingerprint density at radius 1 is 1.32 bits per heavy atom. The molecule has 0 saturated carbocycles. The molecule has 0 spiro atoms. The van der Waals surface area contributed by atoms with Gasteiger partial charge in [0.05, 0.1) is 11.0 Å². The van der Waals surface area contributed by atoms with Crippen molar-refractivity contribution in [3.63, 3.8) is 0 Å². The molecule has 0 radical (unpaired) electrons. The van der Waals surface area contributed by atoms with Crippen molar-refractivity contribution >= 4 is 16.9 Å². The maximum atomic E-state index is 12.3. The standard InChI is InChI=1S/C17H23N3O2/c1-6-20-15-8-7-13(16(21)19-11(4)10(2)3)9-14(15)18-12(5)17(20)22/h7-11H,6H2,1-5H3,(H,19,21)/t11-/m1/s1. The summed E-state index contributed by atoms with van der Waals surface area (Å²) >= 11 is 0. The second-order valence-corrected chi connectivity index (χ2v) is 5.96. The zero-order valence-corrected chi connectivity index (χ0v) is 13.8. The van der Waals surface area contributed by atoms with Crippen LogP contribution >= 0.6 is 0 Å². The Morgan fingerprint density at radius 2 is 2.00 bits per heavy atom. The minimum Gasteiger partial charge on any atom is -0.349 e. The zero-order valence-electron chi connectivity index (χ0n) is 13.8. The van der Waals surface area contributed by atoms with Gasteiger partial charge in [-0.3, -0.25) is 9.59 Å². The van der Waals surface area contributed by atoms with Crippen LogP contribution in [0, 0.1) is 12.8 Å². The van der Waals surface area contributed by atoms with Crippen molar-refractivity contribution in [3.8, 4) is 0 Å². The third kappa shape index (κ3) is 3.03. The number of nitrogens with one attached hydrogen (secondary N) is 1. The van der Waals surface area contributed by atoms with Gasteiger partial charge in [-0.25, -0.2) is 4.98 Å². The third-order valence-electron chi connectivity index (χ3n) is 4.05. The second-order valence-electron chi connectivity index (χ2n) is 5.96. The summed E-state index contributed by atoms with van der Waals surface area (Å²) < 4.78 is 1.68. The summed E-state index contributed by atoms with van der Waals surface area (Å²) in [5, 5.41) is 2.98. The van der Waals surface area contributed by atoms with Gasteiger partial charge < -0.3 is 9.88 Å². The lowest BCUT2D eigenvalue weighted by atomic mass is 10.1. The fraction of sp³-hybridized carbons (Fsp3) is 0.471. The largest absolute Gasteiger partial charge is 0.349 e. The Labute approximate surface area is 130 Å². The predicted octanol–water partition coefficient (Wildman–Crippen LogP) is 2.50. The van der Waals surface area contributed by atoms with Crippen LogP contribution in [0.5, 0.6) is 0 Å². The van der Waals surface area contributed by atoms with E-state index in [1.165, 1.54) is 0 Å². The molecular weight excluding hydrogens is 278 g/mol. The quantitative estimate of drug-likeness (QED) is 0.943. The molecule has 0 fully saturated rings. The van der Waals surface area contributed by atoms with E-state index in [4.69, 9.17) is 0 Å². The Morgan fingerprint density at radius 3 is 2.59 bits per heavy atom. The fourth-order valence-corrected chi connectivity index (χ4v) is 2.29. The molecule has 0 unspecified atom stereocenters. The summed E-state index contributed by atoms with van der Waals surface area (Å²) in [6.45, 7) is 10.3. The van der Waals surface area contributed by atoms with E-state index in [1.807, 2.05) is 13.8 Å². The van der Waals surface area contributed by atoms with Gasteiger partial charge in [-0.1, -0.05) is 13.8 Å². The molecule has 1 amide bonds. The number of hydrogen-bond acceptors (Lipinski definition) is 3. The molecule has 2 rings (SSSR count). The molecule has 1 heterocycles. The third-order valence-corrected chi connectivity index (χ3v) is 4.05. The second kappa shape index (κ2) is 6.30. The summed E-state index contributed by atoms with van der Waals surface area (Å²) in [6, 6.07) is 5.38. The number of amides is 1. The molecule has 1 atom stereocenters. The van der Waals surface area contributed by atoms with E-state index in [-0.39, 0.29) is 17.5 Å². The van der Waals surface area contributed by atoms with E-state index < -0.39 is 0 Å². The van der Waals surface area contributed by atoms with Gasteiger partial charge in [0, 0.05) is 18.2 Å². The maximum absolute atomic E-state index is 12.3. The first kappa shape index (κ1) is 16.2. The number of aromatic nitrogens is 2. The van der Waals surface area contributed by atoms with Crippen LogP contribution in [0.25, 0.3) is 11.0 Å². The highest BCUT2D eigenvalue weighted by Crippen LogP contribution is 2.14. The minimum absolute atomic E-state index is 0.0827. The van der Waals surface area contributed by atoms with Crippen LogP contribution in [-0.2, 0) is 6.54 Å². The highest BCUT2D eigenvalue weighted by molar-refractivity contribution is 5.97. The van der Waals surface area contributed by atoms with Gasteiger partial charge in [-0.15, -0.1) is 0 Å². The number of fused-ring (bicyclic) bond motifs is 1. The summed E-state index contributed by atoms with van der Waals surface area (Å²) in [5.41, 5.74) is 2.35. The van der Waals surface area contributed by atoms with Crippen LogP contribution in [0.15, 0.2) is 23.0 Å². The zero-order chi connectivity index (χ0) is 16.4. The van der Waals surface area contributed by atoms with Crippen LogP contribution < -0.4 is 10.9 Å². The summed E-state index contributed by atoms with van der Waals surface area (Å²) in [4.78, 5) is 28.7. The Kier molecular flexibility index (Phi) is 4.64. The fourth-order valence-electron chi connectivity index (χ4n) is 2.29. The molecule has 0 aliphatic heterocycles. The van der Waals surface area contributed by atoms with Gasteiger partial charge in [0.15, 0.2) is 0 Å². The van der Waals surface area contributed by atoms with E-state index in [0.29, 0.717) is 29.2 Å². The van der Waals surface area contributed by atoms with Gasteiger partial charge in [-0.05, 0) is 44.9 Å². The van der Waals surface area contributed by atoms with Crippen molar-refractivity contribution in [2.75, 3.05) is 0 Å². The Balaban J connectivity index is 2.45. The number of aryl methyl sites for hydroxylation is 2. The molecule has 2 aromatic rings. The van der Waals surface area contributed by atoms with Crippen LogP contribution in [-0.4, -0.2) is 21.5 Å². The SMILES string of the molecule is CCn1c(=O)c(C)nc2cc(C(=O)N[C@H](C)C(C)C)ccc21. The number of benzene rings is 1. The molecule has 1 N–H and O–H groups in total. The van der Waals surface area contributed by atoms with Crippen LogP contribution in [0.1, 0.15) is 43.7 Å². The Hall–Kier alpha value is -2.17. The van der Waals surface area contributed by atoms with E-state index in [0.717, 1.165) is 5.52 Å². The Bertz CT molecular complexity index is 762. The molecular formula is C17H23N3O2. The average Bonchev–Trinajstić information content (AvgIpc) is 2.47. The molecule has 0 aliphatic rings. The molecule has 1 aromatic carbocycles. The first-order valence-electron chi connectivity index (χ1n) is 7.67. The van der Waals surface area contributed by atoms with Crippen LogP contribution in [0.3, 0.4) is 0 Å². The van der Waals surface area contributed by atoms with Gasteiger partial charge in [-0.2, -0.15) is 0 Å². The normalized spacial score (nSPS) is 12.6. The van der Waals surface area contributed by atoms with Gasteiger partial charge >= 0.3 is 0 Å². The van der Waals surface area contributed by atoms with Crippen molar-refractivity contribution in [2.24, 2.45) is 5.92 Å². The van der Waals surface area contributed by atoms with Gasteiger partial charge in [0.1, 0.15) is 5.69 Å².